The Hall–Kier alpha value is -1.88. The zero-order chi connectivity index (χ0) is 14.5. The number of hydrogen-bond donors (Lipinski definition) is 3. The van der Waals surface area contributed by atoms with E-state index >= 15 is 0 Å². The molecule has 0 radical (unpaired) electrons. The van der Waals surface area contributed by atoms with Crippen LogP contribution in [0.25, 0.3) is 0 Å². The van der Waals surface area contributed by atoms with Crippen LogP contribution in [0.4, 0.5) is 5.69 Å². The predicted octanol–water partition coefficient (Wildman–Crippen LogP) is 1.50. The third-order valence-electron chi connectivity index (χ3n) is 2.63. The van der Waals surface area contributed by atoms with Gasteiger partial charge in [0.25, 0.3) is 5.91 Å². The second-order valence-corrected chi connectivity index (χ2v) is 5.20. The van der Waals surface area contributed by atoms with E-state index < -0.39 is 0 Å². The Bertz CT molecular complexity index is 464. The molecule has 0 saturated carbocycles. The second kappa shape index (κ2) is 6.33. The average molecular weight is 263 g/mol. The molecule has 104 valence electrons. The Labute approximate surface area is 113 Å². The molecule has 0 aromatic heterocycles. The van der Waals surface area contributed by atoms with Crippen LogP contribution in [0.3, 0.4) is 0 Å². The smallest absolute Gasteiger partial charge is 0.251 e. The third-order valence-corrected chi connectivity index (χ3v) is 2.63. The van der Waals surface area contributed by atoms with Crippen LogP contribution in [-0.4, -0.2) is 24.4 Å². The number of nitrogens with two attached hydrogens (primary N) is 1. The molecule has 4 N–H and O–H groups in total. The number of benzene rings is 1. The maximum atomic E-state index is 11.7. The van der Waals surface area contributed by atoms with Crippen molar-refractivity contribution in [3.8, 4) is 0 Å². The van der Waals surface area contributed by atoms with Crippen LogP contribution < -0.4 is 16.4 Å². The molecule has 0 bridgehead atoms. The SMILES string of the molecule is CNC(=O)c1cccc(NC(=O)CCC(C)(C)N)c1. The van der Waals surface area contributed by atoms with Crippen molar-refractivity contribution in [2.24, 2.45) is 5.73 Å². The zero-order valence-electron chi connectivity index (χ0n) is 11.6. The largest absolute Gasteiger partial charge is 0.355 e. The fourth-order valence-electron chi connectivity index (χ4n) is 1.54. The van der Waals surface area contributed by atoms with Crippen LogP contribution in [0, 0.1) is 0 Å². The Balaban J connectivity index is 2.62. The molecule has 0 unspecified atom stereocenters. The predicted molar refractivity (Wildman–Crippen MR) is 76.0 cm³/mol. The van der Waals surface area contributed by atoms with E-state index in [1.807, 2.05) is 13.8 Å². The van der Waals surface area contributed by atoms with Gasteiger partial charge in [-0.15, -0.1) is 0 Å². The zero-order valence-corrected chi connectivity index (χ0v) is 11.6. The number of carbonyl (C=O) groups is 2. The van der Waals surface area contributed by atoms with Gasteiger partial charge >= 0.3 is 0 Å². The first-order valence-electron chi connectivity index (χ1n) is 6.23. The van der Waals surface area contributed by atoms with E-state index in [4.69, 9.17) is 5.73 Å². The molecule has 1 rings (SSSR count). The monoisotopic (exact) mass is 263 g/mol. The lowest BCUT2D eigenvalue weighted by Crippen LogP contribution is -2.33. The molecular formula is C14H21N3O2. The van der Waals surface area contributed by atoms with Crippen molar-refractivity contribution < 1.29 is 9.59 Å². The van der Waals surface area contributed by atoms with Gasteiger partial charge in [0.15, 0.2) is 0 Å². The summed E-state index contributed by atoms with van der Waals surface area (Å²) in [6, 6.07) is 6.81. The molecule has 1 aromatic rings. The van der Waals surface area contributed by atoms with Gasteiger partial charge < -0.3 is 16.4 Å². The Morgan fingerprint density at radius 2 is 2.00 bits per heavy atom. The average Bonchev–Trinajstić information content (AvgIpc) is 2.35. The van der Waals surface area contributed by atoms with E-state index in [0.717, 1.165) is 0 Å². The quantitative estimate of drug-likeness (QED) is 0.752. The van der Waals surface area contributed by atoms with E-state index in [9.17, 15) is 9.59 Å². The van der Waals surface area contributed by atoms with Crippen molar-refractivity contribution in [1.82, 2.24) is 5.32 Å². The molecule has 0 saturated heterocycles. The molecule has 19 heavy (non-hydrogen) atoms. The van der Waals surface area contributed by atoms with Gasteiger partial charge in [-0.3, -0.25) is 9.59 Å². The fraction of sp³-hybridized carbons (Fsp3) is 0.429. The molecule has 2 amide bonds. The molecular weight excluding hydrogens is 242 g/mol. The number of hydrogen-bond acceptors (Lipinski definition) is 3. The molecule has 0 fully saturated rings. The molecule has 5 heteroatoms. The van der Waals surface area contributed by atoms with Gasteiger partial charge in [-0.1, -0.05) is 6.07 Å². The van der Waals surface area contributed by atoms with E-state index in [-0.39, 0.29) is 17.4 Å². The summed E-state index contributed by atoms with van der Waals surface area (Å²) in [5.41, 5.74) is 6.59. The lowest BCUT2D eigenvalue weighted by molar-refractivity contribution is -0.116. The fourth-order valence-corrected chi connectivity index (χ4v) is 1.54. The summed E-state index contributed by atoms with van der Waals surface area (Å²) >= 11 is 0. The van der Waals surface area contributed by atoms with Crippen molar-refractivity contribution in [3.05, 3.63) is 29.8 Å². The highest BCUT2D eigenvalue weighted by Gasteiger charge is 2.13. The molecule has 0 atom stereocenters. The minimum atomic E-state index is -0.360. The van der Waals surface area contributed by atoms with Gasteiger partial charge in [0.2, 0.25) is 5.91 Å². The lowest BCUT2D eigenvalue weighted by Gasteiger charge is -2.17. The van der Waals surface area contributed by atoms with Gasteiger partial charge in [-0.25, -0.2) is 0 Å². The lowest BCUT2D eigenvalue weighted by atomic mass is 10.00. The van der Waals surface area contributed by atoms with Crippen LogP contribution in [0.1, 0.15) is 37.0 Å². The second-order valence-electron chi connectivity index (χ2n) is 5.20. The van der Waals surface area contributed by atoms with Crippen molar-refractivity contribution in [2.45, 2.75) is 32.2 Å². The summed E-state index contributed by atoms with van der Waals surface area (Å²) in [5, 5.41) is 5.30. The summed E-state index contributed by atoms with van der Waals surface area (Å²) in [6.07, 6.45) is 0.960. The Morgan fingerprint density at radius 3 is 2.58 bits per heavy atom. The summed E-state index contributed by atoms with van der Waals surface area (Å²) in [7, 11) is 1.57. The number of amides is 2. The number of anilines is 1. The summed E-state index contributed by atoms with van der Waals surface area (Å²) in [5.74, 6) is -0.285. The molecule has 0 heterocycles. The molecule has 1 aromatic carbocycles. The standard InChI is InChI=1S/C14H21N3O2/c1-14(2,15)8-7-12(18)17-11-6-4-5-10(9-11)13(19)16-3/h4-6,9H,7-8,15H2,1-3H3,(H,16,19)(H,17,18). The van der Waals surface area contributed by atoms with Gasteiger partial charge in [-0.05, 0) is 38.5 Å². The minimum absolute atomic E-state index is 0.104. The van der Waals surface area contributed by atoms with Crippen LogP contribution in [0.2, 0.25) is 0 Å². The van der Waals surface area contributed by atoms with Gasteiger partial charge in [0.1, 0.15) is 0 Å². The first-order chi connectivity index (χ1) is 8.81. The van der Waals surface area contributed by atoms with Gasteiger partial charge in [0, 0.05) is 30.3 Å². The van der Waals surface area contributed by atoms with Gasteiger partial charge in [-0.2, -0.15) is 0 Å². The van der Waals surface area contributed by atoms with Gasteiger partial charge in [0.05, 0.1) is 0 Å². The first kappa shape index (κ1) is 15.2. The summed E-state index contributed by atoms with van der Waals surface area (Å²) < 4.78 is 0. The number of rotatable bonds is 5. The first-order valence-corrected chi connectivity index (χ1v) is 6.23. The highest BCUT2D eigenvalue weighted by molar-refractivity contribution is 5.97. The van der Waals surface area contributed by atoms with Crippen molar-refractivity contribution >= 4 is 17.5 Å². The molecule has 5 nitrogen and oxygen atoms in total. The van der Waals surface area contributed by atoms with Crippen LogP contribution >= 0.6 is 0 Å². The number of nitrogens with one attached hydrogen (secondary N) is 2. The highest BCUT2D eigenvalue weighted by atomic mass is 16.2. The molecule has 0 spiro atoms. The highest BCUT2D eigenvalue weighted by Crippen LogP contribution is 2.13. The van der Waals surface area contributed by atoms with Crippen molar-refractivity contribution in [3.63, 3.8) is 0 Å². The Morgan fingerprint density at radius 1 is 1.32 bits per heavy atom. The topological polar surface area (TPSA) is 84.2 Å². The van der Waals surface area contributed by atoms with E-state index in [0.29, 0.717) is 24.1 Å². The molecule has 0 aliphatic heterocycles. The third kappa shape index (κ3) is 5.52. The van der Waals surface area contributed by atoms with E-state index in [2.05, 4.69) is 10.6 Å². The van der Waals surface area contributed by atoms with E-state index in [1.165, 1.54) is 0 Å². The molecule has 0 aliphatic carbocycles. The normalized spacial score (nSPS) is 10.9. The van der Waals surface area contributed by atoms with Crippen LogP contribution in [0.5, 0.6) is 0 Å². The van der Waals surface area contributed by atoms with Crippen LogP contribution in [0.15, 0.2) is 24.3 Å². The maximum absolute atomic E-state index is 11.7. The Kier molecular flexibility index (Phi) is 5.06. The summed E-state index contributed by atoms with van der Waals surface area (Å²) in [6.45, 7) is 3.76. The maximum Gasteiger partial charge on any atom is 0.251 e. The minimum Gasteiger partial charge on any atom is -0.355 e. The summed E-state index contributed by atoms with van der Waals surface area (Å²) in [4.78, 5) is 23.2. The molecule has 0 aliphatic rings. The van der Waals surface area contributed by atoms with E-state index in [1.54, 1.807) is 31.3 Å². The van der Waals surface area contributed by atoms with Crippen LogP contribution in [-0.2, 0) is 4.79 Å². The van der Waals surface area contributed by atoms with Crippen molar-refractivity contribution in [2.75, 3.05) is 12.4 Å². The van der Waals surface area contributed by atoms with Crippen molar-refractivity contribution in [1.29, 1.82) is 0 Å². The number of carbonyl (C=O) groups excluding carboxylic acids is 2.